The minimum absolute atomic E-state index is 0.000348. The molecular formula is C22H25N3O4. The number of aliphatic carboxylic acids is 1. The third-order valence-electron chi connectivity index (χ3n) is 6.22. The second-order valence-corrected chi connectivity index (χ2v) is 7.99. The van der Waals surface area contributed by atoms with Crippen LogP contribution in [0.15, 0.2) is 47.7 Å². The van der Waals surface area contributed by atoms with Crippen molar-refractivity contribution in [2.24, 2.45) is 11.8 Å². The summed E-state index contributed by atoms with van der Waals surface area (Å²) in [4.78, 5) is 27.5. The van der Waals surface area contributed by atoms with Gasteiger partial charge in [-0.15, -0.1) is 0 Å². The lowest BCUT2D eigenvalue weighted by Crippen LogP contribution is -2.61. The monoisotopic (exact) mass is 395 g/mol. The number of carboxylic acids is 1. The maximum Gasteiger partial charge on any atom is 0.352 e. The van der Waals surface area contributed by atoms with Gasteiger partial charge in [-0.3, -0.25) is 10.2 Å². The molecule has 0 aliphatic carbocycles. The van der Waals surface area contributed by atoms with Crippen LogP contribution >= 0.6 is 0 Å². The van der Waals surface area contributed by atoms with E-state index in [4.69, 9.17) is 5.41 Å². The molecule has 2 saturated heterocycles. The minimum Gasteiger partial charge on any atom is -0.477 e. The highest BCUT2D eigenvalue weighted by atomic mass is 16.4. The van der Waals surface area contributed by atoms with Gasteiger partial charge in [0.25, 0.3) is 0 Å². The van der Waals surface area contributed by atoms with Gasteiger partial charge in [0.15, 0.2) is 0 Å². The lowest BCUT2D eigenvalue weighted by atomic mass is 9.82. The van der Waals surface area contributed by atoms with Crippen molar-refractivity contribution < 1.29 is 19.8 Å². The molecule has 3 N–H and O–H groups in total. The number of aliphatic hydroxyl groups is 1. The number of amides is 1. The fraction of sp³-hybridized carbons (Fsp3) is 0.409. The number of amidine groups is 1. The number of nitrogens with one attached hydrogen (secondary N) is 1. The molecule has 3 aliphatic rings. The Bertz CT molecular complexity index is 906. The first-order chi connectivity index (χ1) is 13.9. The molecule has 0 saturated carbocycles. The van der Waals surface area contributed by atoms with Crippen molar-refractivity contribution in [3.05, 3.63) is 53.2 Å². The van der Waals surface area contributed by atoms with Gasteiger partial charge in [-0.1, -0.05) is 36.4 Å². The number of rotatable bonds is 5. The molecule has 0 spiro atoms. The Kier molecular flexibility index (Phi) is 5.00. The summed E-state index contributed by atoms with van der Waals surface area (Å²) in [7, 11) is 0. The molecule has 0 aromatic heterocycles. The Morgan fingerprint density at radius 1 is 1.31 bits per heavy atom. The second kappa shape index (κ2) is 7.48. The van der Waals surface area contributed by atoms with Crippen LogP contribution in [0.4, 0.5) is 0 Å². The number of carboxylic acid groups (broad SMARTS) is 1. The van der Waals surface area contributed by atoms with Crippen LogP contribution in [0.5, 0.6) is 0 Å². The van der Waals surface area contributed by atoms with Crippen molar-refractivity contribution in [2.75, 3.05) is 13.1 Å². The van der Waals surface area contributed by atoms with Crippen LogP contribution in [0.25, 0.3) is 6.08 Å². The molecule has 1 amide bonds. The number of benzene rings is 1. The Morgan fingerprint density at radius 3 is 2.69 bits per heavy atom. The van der Waals surface area contributed by atoms with Crippen LogP contribution < -0.4 is 0 Å². The predicted octanol–water partition coefficient (Wildman–Crippen LogP) is 1.95. The van der Waals surface area contributed by atoms with Crippen molar-refractivity contribution in [3.63, 3.8) is 0 Å². The average molecular weight is 395 g/mol. The van der Waals surface area contributed by atoms with E-state index >= 15 is 0 Å². The summed E-state index contributed by atoms with van der Waals surface area (Å²) in [5.74, 6) is -1.51. The highest BCUT2D eigenvalue weighted by Crippen LogP contribution is 2.47. The molecular weight excluding hydrogens is 370 g/mol. The Morgan fingerprint density at radius 2 is 2.03 bits per heavy atom. The summed E-state index contributed by atoms with van der Waals surface area (Å²) in [6.07, 6.45) is 4.12. The molecule has 0 bridgehead atoms. The maximum atomic E-state index is 12.4. The first kappa shape index (κ1) is 19.4. The number of fused-ring (bicyclic) bond motifs is 1. The summed E-state index contributed by atoms with van der Waals surface area (Å²) in [5, 5.41) is 27.9. The fourth-order valence-electron chi connectivity index (χ4n) is 4.77. The molecule has 4 rings (SSSR count). The van der Waals surface area contributed by atoms with Crippen LogP contribution in [-0.4, -0.2) is 63.0 Å². The molecule has 7 heteroatoms. The van der Waals surface area contributed by atoms with Gasteiger partial charge in [-0.25, -0.2) is 4.79 Å². The molecule has 1 aromatic carbocycles. The zero-order chi connectivity index (χ0) is 20.7. The van der Waals surface area contributed by atoms with Gasteiger partial charge in [0.1, 0.15) is 11.5 Å². The first-order valence-electron chi connectivity index (χ1n) is 9.92. The number of hydrogen-bond donors (Lipinski definition) is 3. The molecule has 3 aliphatic heterocycles. The summed E-state index contributed by atoms with van der Waals surface area (Å²) < 4.78 is 0. The van der Waals surface area contributed by atoms with E-state index in [1.165, 1.54) is 4.90 Å². The number of nitrogens with zero attached hydrogens (tertiary/aromatic N) is 2. The molecule has 152 valence electrons. The molecule has 2 fully saturated rings. The van der Waals surface area contributed by atoms with Gasteiger partial charge in [0.05, 0.1) is 18.1 Å². The van der Waals surface area contributed by atoms with Gasteiger partial charge in [-0.2, -0.15) is 0 Å². The Hall–Kier alpha value is -2.93. The zero-order valence-electron chi connectivity index (χ0n) is 16.3. The standard InChI is InChI=1S/C22H25N3O4/c1-13(26)19-17-11-16(20(22(28)29)25(17)21(19)27)15-9-10-24(12-15)18(23)8-7-14-5-3-2-4-6-14/h2-8,13,15,17,19,23,26H,9-12H2,1H3,(H,28,29)/t13-,15-,17-,19-/m1/s1. The maximum absolute atomic E-state index is 12.4. The second-order valence-electron chi connectivity index (χ2n) is 7.99. The summed E-state index contributed by atoms with van der Waals surface area (Å²) >= 11 is 0. The van der Waals surface area contributed by atoms with Gasteiger partial charge >= 0.3 is 5.97 Å². The smallest absolute Gasteiger partial charge is 0.352 e. The Labute approximate surface area is 169 Å². The van der Waals surface area contributed by atoms with Crippen molar-refractivity contribution in [2.45, 2.75) is 31.9 Å². The normalized spacial score (nSPS) is 27.4. The van der Waals surface area contributed by atoms with Crippen molar-refractivity contribution in [1.82, 2.24) is 9.80 Å². The van der Waals surface area contributed by atoms with Crippen molar-refractivity contribution in [1.29, 1.82) is 5.41 Å². The van der Waals surface area contributed by atoms with Crippen LogP contribution in [0, 0.1) is 17.2 Å². The highest BCUT2D eigenvalue weighted by Gasteiger charge is 2.57. The zero-order valence-corrected chi connectivity index (χ0v) is 16.3. The average Bonchev–Trinajstić information content (AvgIpc) is 3.29. The quantitative estimate of drug-likeness (QED) is 0.402. The van der Waals surface area contributed by atoms with Crippen LogP contribution in [-0.2, 0) is 9.59 Å². The molecule has 4 atom stereocenters. The largest absolute Gasteiger partial charge is 0.477 e. The minimum atomic E-state index is -1.09. The summed E-state index contributed by atoms with van der Waals surface area (Å²) in [6.45, 7) is 2.83. The van der Waals surface area contributed by atoms with E-state index in [1.807, 2.05) is 41.3 Å². The fourth-order valence-corrected chi connectivity index (χ4v) is 4.77. The molecule has 3 heterocycles. The molecule has 1 aromatic rings. The summed E-state index contributed by atoms with van der Waals surface area (Å²) in [6, 6.07) is 9.52. The lowest BCUT2D eigenvalue weighted by Gasteiger charge is -2.44. The van der Waals surface area contributed by atoms with Gasteiger partial charge in [-0.05, 0) is 37.0 Å². The van der Waals surface area contributed by atoms with Crippen LogP contribution in [0.2, 0.25) is 0 Å². The van der Waals surface area contributed by atoms with E-state index in [2.05, 4.69) is 0 Å². The number of hydrogen-bond acceptors (Lipinski definition) is 4. The number of carbonyl (C=O) groups excluding carboxylic acids is 1. The van der Waals surface area contributed by atoms with Crippen LogP contribution in [0.3, 0.4) is 0 Å². The summed E-state index contributed by atoms with van der Waals surface area (Å²) in [5.41, 5.74) is 1.89. The number of likely N-dealkylation sites (tertiary alicyclic amines) is 1. The number of β-lactam (4-membered cyclic amide) rings is 1. The highest BCUT2D eigenvalue weighted by molar-refractivity contribution is 6.00. The first-order valence-corrected chi connectivity index (χ1v) is 9.92. The van der Waals surface area contributed by atoms with E-state index in [9.17, 15) is 19.8 Å². The molecule has 7 nitrogen and oxygen atoms in total. The third kappa shape index (κ3) is 3.35. The van der Waals surface area contributed by atoms with E-state index in [-0.39, 0.29) is 23.6 Å². The Balaban J connectivity index is 1.47. The third-order valence-corrected chi connectivity index (χ3v) is 6.22. The van der Waals surface area contributed by atoms with Gasteiger partial charge in [0, 0.05) is 19.0 Å². The van der Waals surface area contributed by atoms with E-state index in [1.54, 1.807) is 13.0 Å². The van der Waals surface area contributed by atoms with Crippen molar-refractivity contribution >= 4 is 23.8 Å². The van der Waals surface area contributed by atoms with Gasteiger partial charge < -0.3 is 20.0 Å². The molecule has 0 radical (unpaired) electrons. The molecule has 29 heavy (non-hydrogen) atoms. The van der Waals surface area contributed by atoms with E-state index in [0.717, 1.165) is 17.6 Å². The van der Waals surface area contributed by atoms with Crippen molar-refractivity contribution in [3.8, 4) is 0 Å². The molecule has 0 unspecified atom stereocenters. The topological polar surface area (TPSA) is 105 Å². The van der Waals surface area contributed by atoms with E-state index < -0.39 is 18.0 Å². The number of aliphatic hydroxyl groups excluding tert-OH is 1. The predicted molar refractivity (Wildman–Crippen MR) is 108 cm³/mol. The lowest BCUT2D eigenvalue weighted by molar-refractivity contribution is -0.161. The van der Waals surface area contributed by atoms with Crippen LogP contribution in [0.1, 0.15) is 25.3 Å². The van der Waals surface area contributed by atoms with Gasteiger partial charge in [0.2, 0.25) is 5.91 Å². The number of carbonyl (C=O) groups is 2. The SMILES string of the molecule is C[C@@H](O)[C@H]1C(=O)N2C(C(=O)O)=C([C@@H]3CCN(C(=N)C=Cc4ccccc4)C3)C[C@H]12. The van der Waals surface area contributed by atoms with E-state index in [0.29, 0.717) is 25.3 Å².